The van der Waals surface area contributed by atoms with Gasteiger partial charge in [-0.3, -0.25) is 0 Å². The first kappa shape index (κ1) is 10.3. The van der Waals surface area contributed by atoms with Crippen LogP contribution in [-0.4, -0.2) is 7.11 Å². The molecule has 0 amide bonds. The van der Waals surface area contributed by atoms with Crippen LogP contribution in [0, 0.1) is 6.42 Å². The Morgan fingerprint density at radius 1 is 1.20 bits per heavy atom. The van der Waals surface area contributed by atoms with Gasteiger partial charge in [-0.05, 0) is 48.3 Å². The zero-order valence-corrected chi connectivity index (χ0v) is 9.29. The molecule has 0 heterocycles. The van der Waals surface area contributed by atoms with E-state index in [1.807, 2.05) is 30.3 Å². The monoisotopic (exact) mass is 219 g/mol. The summed E-state index contributed by atoms with van der Waals surface area (Å²) in [7, 11) is 1.69. The van der Waals surface area contributed by atoms with Gasteiger partial charge in [0.1, 0.15) is 5.76 Å². The van der Waals surface area contributed by atoms with Gasteiger partial charge < -0.3 is 4.74 Å². The molecule has 2 heteroatoms. The largest absolute Gasteiger partial charge is 0.497 e. The first-order chi connectivity index (χ1) is 7.29. The summed E-state index contributed by atoms with van der Waals surface area (Å²) in [5.74, 6) is 0.919. The Morgan fingerprint density at radius 3 is 2.60 bits per heavy atom. The summed E-state index contributed by atoms with van der Waals surface area (Å²) in [5, 5.41) is 0.762. The molecule has 0 spiro atoms. The zero-order chi connectivity index (χ0) is 10.7. The summed E-state index contributed by atoms with van der Waals surface area (Å²) in [4.78, 5) is 0. The number of allylic oxidation sites excluding steroid dienone is 3. The predicted molar refractivity (Wildman–Crippen MR) is 63.4 cm³/mol. The van der Waals surface area contributed by atoms with Crippen LogP contribution in [-0.2, 0) is 4.74 Å². The van der Waals surface area contributed by atoms with Crippen molar-refractivity contribution in [3.8, 4) is 0 Å². The molecule has 1 nitrogen and oxygen atoms in total. The number of halogens is 1. The number of methoxy groups -OCH3 is 1. The third-order valence-corrected chi connectivity index (χ3v) is 2.62. The van der Waals surface area contributed by atoms with Crippen molar-refractivity contribution in [2.24, 2.45) is 0 Å². The van der Waals surface area contributed by atoms with E-state index < -0.39 is 0 Å². The lowest BCUT2D eigenvalue weighted by molar-refractivity contribution is 0.305. The van der Waals surface area contributed by atoms with Gasteiger partial charge in [-0.25, -0.2) is 0 Å². The molecular formula is C13H12ClO. The van der Waals surface area contributed by atoms with Gasteiger partial charge in [0, 0.05) is 5.02 Å². The van der Waals surface area contributed by atoms with Crippen molar-refractivity contribution in [2.45, 2.75) is 6.42 Å². The molecular weight excluding hydrogens is 208 g/mol. The quantitative estimate of drug-likeness (QED) is 0.734. The second-order valence-electron chi connectivity index (χ2n) is 3.36. The van der Waals surface area contributed by atoms with Crippen molar-refractivity contribution in [2.75, 3.05) is 7.11 Å². The van der Waals surface area contributed by atoms with E-state index in [1.165, 1.54) is 11.1 Å². The van der Waals surface area contributed by atoms with Gasteiger partial charge in [0.2, 0.25) is 0 Å². The second-order valence-corrected chi connectivity index (χ2v) is 3.79. The number of ether oxygens (including phenoxy) is 1. The van der Waals surface area contributed by atoms with E-state index in [4.69, 9.17) is 16.3 Å². The van der Waals surface area contributed by atoms with Crippen molar-refractivity contribution in [1.82, 2.24) is 0 Å². The van der Waals surface area contributed by atoms with Crippen LogP contribution in [0.2, 0.25) is 5.02 Å². The van der Waals surface area contributed by atoms with Crippen LogP contribution in [0.25, 0.3) is 5.57 Å². The molecule has 77 valence electrons. The minimum atomic E-state index is 0.762. The van der Waals surface area contributed by atoms with Crippen molar-refractivity contribution in [3.63, 3.8) is 0 Å². The molecule has 1 aliphatic rings. The Morgan fingerprint density at radius 2 is 1.93 bits per heavy atom. The van der Waals surface area contributed by atoms with Gasteiger partial charge in [0.25, 0.3) is 0 Å². The van der Waals surface area contributed by atoms with E-state index in [-0.39, 0.29) is 0 Å². The van der Waals surface area contributed by atoms with Crippen LogP contribution in [0.3, 0.4) is 0 Å². The molecule has 0 saturated carbocycles. The van der Waals surface area contributed by atoms with Gasteiger partial charge in [-0.15, -0.1) is 0 Å². The maximum Gasteiger partial charge on any atom is 0.115 e. The van der Waals surface area contributed by atoms with Gasteiger partial charge in [-0.1, -0.05) is 23.7 Å². The van der Waals surface area contributed by atoms with E-state index in [1.54, 1.807) is 7.11 Å². The molecule has 0 bridgehead atoms. The Balaban J connectivity index is 2.28. The fraction of sp³-hybridized carbons (Fsp3) is 0.154. The van der Waals surface area contributed by atoms with Gasteiger partial charge >= 0.3 is 0 Å². The van der Waals surface area contributed by atoms with E-state index >= 15 is 0 Å². The van der Waals surface area contributed by atoms with Crippen LogP contribution in [0.4, 0.5) is 0 Å². The third-order valence-electron chi connectivity index (χ3n) is 2.37. The van der Waals surface area contributed by atoms with Crippen molar-refractivity contribution in [3.05, 3.63) is 59.2 Å². The number of benzene rings is 1. The highest BCUT2D eigenvalue weighted by Crippen LogP contribution is 2.26. The molecule has 0 aromatic heterocycles. The van der Waals surface area contributed by atoms with Gasteiger partial charge in [0.15, 0.2) is 0 Å². The summed E-state index contributed by atoms with van der Waals surface area (Å²) in [6.07, 6.45) is 7.18. The smallest absolute Gasteiger partial charge is 0.115 e. The molecule has 1 aromatic carbocycles. The standard InChI is InChI=1S/C13H12ClO/c1-15-13-4-2-3-11(9-13)10-5-7-12(14)8-6-10/h3-9H,2H2,1H3. The molecule has 1 aliphatic carbocycles. The number of hydrogen-bond donors (Lipinski definition) is 0. The van der Waals surface area contributed by atoms with Crippen LogP contribution >= 0.6 is 11.6 Å². The van der Waals surface area contributed by atoms with E-state index in [2.05, 4.69) is 12.5 Å². The van der Waals surface area contributed by atoms with Gasteiger partial charge in [-0.2, -0.15) is 0 Å². The Labute approximate surface area is 95.0 Å². The average Bonchev–Trinajstić information content (AvgIpc) is 2.30. The molecule has 1 aromatic rings. The predicted octanol–water partition coefficient (Wildman–Crippen LogP) is 3.86. The second kappa shape index (κ2) is 4.54. The molecule has 2 rings (SSSR count). The summed E-state index contributed by atoms with van der Waals surface area (Å²) in [5.41, 5.74) is 2.35. The SMILES string of the molecule is COC1=CC[CH]C(c2ccc(Cl)cc2)=C1. The summed E-state index contributed by atoms with van der Waals surface area (Å²) in [6.45, 7) is 0. The number of rotatable bonds is 2. The highest BCUT2D eigenvalue weighted by Gasteiger charge is 2.07. The maximum absolute atomic E-state index is 5.84. The first-order valence-electron chi connectivity index (χ1n) is 4.84. The Hall–Kier alpha value is -1.21. The summed E-state index contributed by atoms with van der Waals surface area (Å²) in [6, 6.07) is 7.83. The van der Waals surface area contributed by atoms with Crippen molar-refractivity contribution >= 4 is 17.2 Å². The molecule has 0 saturated heterocycles. The lowest BCUT2D eigenvalue weighted by Crippen LogP contribution is -1.94. The van der Waals surface area contributed by atoms with Crippen molar-refractivity contribution in [1.29, 1.82) is 0 Å². The summed E-state index contributed by atoms with van der Waals surface area (Å²) >= 11 is 5.84. The fourth-order valence-electron chi connectivity index (χ4n) is 1.56. The highest BCUT2D eigenvalue weighted by atomic mass is 35.5. The lowest BCUT2D eigenvalue weighted by atomic mass is 9.97. The van der Waals surface area contributed by atoms with Crippen molar-refractivity contribution < 1.29 is 4.74 Å². The molecule has 0 N–H and O–H groups in total. The highest BCUT2D eigenvalue weighted by molar-refractivity contribution is 6.30. The number of hydrogen-bond acceptors (Lipinski definition) is 1. The van der Waals surface area contributed by atoms with Gasteiger partial charge in [0.05, 0.1) is 7.11 Å². The van der Waals surface area contributed by atoms with E-state index in [0.717, 1.165) is 17.2 Å². The molecule has 0 aliphatic heterocycles. The van der Waals surface area contributed by atoms with Crippen LogP contribution in [0.1, 0.15) is 12.0 Å². The average molecular weight is 220 g/mol. The first-order valence-corrected chi connectivity index (χ1v) is 5.22. The topological polar surface area (TPSA) is 9.23 Å². The van der Waals surface area contributed by atoms with Crippen LogP contribution in [0.15, 0.2) is 42.2 Å². The Bertz CT molecular complexity index is 401. The Kier molecular flexibility index (Phi) is 3.12. The molecule has 1 radical (unpaired) electrons. The lowest BCUT2D eigenvalue weighted by Gasteiger charge is -2.12. The normalized spacial score (nSPS) is 15.6. The van der Waals surface area contributed by atoms with Crippen LogP contribution < -0.4 is 0 Å². The third kappa shape index (κ3) is 2.42. The fourth-order valence-corrected chi connectivity index (χ4v) is 1.68. The molecule has 0 atom stereocenters. The minimum Gasteiger partial charge on any atom is -0.497 e. The molecule has 0 unspecified atom stereocenters. The van der Waals surface area contributed by atoms with Crippen LogP contribution in [0.5, 0.6) is 0 Å². The minimum absolute atomic E-state index is 0.762. The van der Waals surface area contributed by atoms with E-state index in [9.17, 15) is 0 Å². The molecule has 0 fully saturated rings. The molecule has 15 heavy (non-hydrogen) atoms. The zero-order valence-electron chi connectivity index (χ0n) is 8.53. The van der Waals surface area contributed by atoms with E-state index in [0.29, 0.717) is 0 Å². The summed E-state index contributed by atoms with van der Waals surface area (Å²) < 4.78 is 5.21. The maximum atomic E-state index is 5.84.